The Hall–Kier alpha value is -1.39. The van der Waals surface area contributed by atoms with Gasteiger partial charge >= 0.3 is 0 Å². The summed E-state index contributed by atoms with van der Waals surface area (Å²) in [7, 11) is 0. The maximum absolute atomic E-state index is 12.8. The third kappa shape index (κ3) is 4.32. The van der Waals surface area contributed by atoms with Crippen molar-refractivity contribution < 1.29 is 9.13 Å². The summed E-state index contributed by atoms with van der Waals surface area (Å²) in [4.78, 5) is 0. The molecule has 0 saturated heterocycles. The lowest BCUT2D eigenvalue weighted by molar-refractivity contribution is 0.338. The van der Waals surface area contributed by atoms with E-state index in [9.17, 15) is 4.39 Å². The van der Waals surface area contributed by atoms with E-state index in [1.54, 1.807) is 12.1 Å². The number of nitrogens with one attached hydrogen (secondary N) is 1. The first-order valence-corrected chi connectivity index (χ1v) is 7.34. The highest BCUT2D eigenvalue weighted by Gasteiger charge is 2.02. The molecule has 4 heteroatoms. The molecule has 2 aromatic rings. The Labute approximate surface area is 127 Å². The van der Waals surface area contributed by atoms with E-state index < -0.39 is 0 Å². The first-order chi connectivity index (χ1) is 9.69. The molecule has 0 bridgehead atoms. The number of ether oxygens (including phenoxy) is 1. The van der Waals surface area contributed by atoms with E-state index in [-0.39, 0.29) is 5.82 Å². The fourth-order valence-electron chi connectivity index (χ4n) is 1.88. The average molecular weight is 338 g/mol. The molecular formula is C16H17BrFNO. The van der Waals surface area contributed by atoms with Gasteiger partial charge in [-0.2, -0.15) is 0 Å². The molecule has 0 atom stereocenters. The van der Waals surface area contributed by atoms with Crippen LogP contribution in [-0.4, -0.2) is 6.61 Å². The Morgan fingerprint density at radius 1 is 1.05 bits per heavy atom. The van der Waals surface area contributed by atoms with Gasteiger partial charge in [-0.25, -0.2) is 4.39 Å². The van der Waals surface area contributed by atoms with Crippen LogP contribution in [0, 0.1) is 5.82 Å². The van der Waals surface area contributed by atoms with Crippen molar-refractivity contribution in [2.75, 3.05) is 6.61 Å². The summed E-state index contributed by atoms with van der Waals surface area (Å²) in [5.74, 6) is 0.652. The molecule has 0 fully saturated rings. The molecule has 0 aliphatic carbocycles. The third-order valence-corrected chi connectivity index (χ3v) is 3.49. The van der Waals surface area contributed by atoms with Gasteiger partial charge in [-0.1, -0.05) is 18.2 Å². The quantitative estimate of drug-likeness (QED) is 0.849. The van der Waals surface area contributed by atoms with Crippen molar-refractivity contribution >= 4 is 15.9 Å². The largest absolute Gasteiger partial charge is 0.493 e. The molecule has 0 radical (unpaired) electrons. The molecule has 0 aromatic heterocycles. The Balaban J connectivity index is 1.87. The Bertz CT molecular complexity index is 557. The van der Waals surface area contributed by atoms with Crippen LogP contribution in [0.1, 0.15) is 18.1 Å². The zero-order valence-corrected chi connectivity index (χ0v) is 12.9. The highest BCUT2D eigenvalue weighted by molar-refractivity contribution is 9.10. The van der Waals surface area contributed by atoms with Crippen LogP contribution in [0.3, 0.4) is 0 Å². The maximum Gasteiger partial charge on any atom is 0.133 e. The summed E-state index contributed by atoms with van der Waals surface area (Å²) in [5, 5.41) is 3.33. The van der Waals surface area contributed by atoms with Crippen molar-refractivity contribution in [2.24, 2.45) is 0 Å². The van der Waals surface area contributed by atoms with Crippen LogP contribution >= 0.6 is 15.9 Å². The summed E-state index contributed by atoms with van der Waals surface area (Å²) in [5.41, 5.74) is 2.24. The smallest absolute Gasteiger partial charge is 0.133 e. The Morgan fingerprint density at radius 3 is 2.35 bits per heavy atom. The van der Waals surface area contributed by atoms with Crippen LogP contribution in [0.15, 0.2) is 46.9 Å². The second-order valence-electron chi connectivity index (χ2n) is 4.43. The molecule has 2 rings (SSSR count). The second-order valence-corrected chi connectivity index (χ2v) is 5.28. The van der Waals surface area contributed by atoms with Gasteiger partial charge in [0.05, 0.1) is 11.1 Å². The Kier molecular flexibility index (Phi) is 5.56. The molecule has 1 N–H and O–H groups in total. The normalized spacial score (nSPS) is 10.6. The molecule has 2 aromatic carbocycles. The van der Waals surface area contributed by atoms with E-state index in [1.807, 2.05) is 25.1 Å². The van der Waals surface area contributed by atoms with E-state index in [1.165, 1.54) is 17.7 Å². The topological polar surface area (TPSA) is 21.3 Å². The number of benzene rings is 2. The van der Waals surface area contributed by atoms with Gasteiger partial charge in [0, 0.05) is 13.1 Å². The van der Waals surface area contributed by atoms with Crippen molar-refractivity contribution in [3.05, 3.63) is 63.9 Å². The summed E-state index contributed by atoms with van der Waals surface area (Å²) >= 11 is 3.50. The number of hydrogen-bond acceptors (Lipinski definition) is 2. The van der Waals surface area contributed by atoms with Crippen LogP contribution in [0.25, 0.3) is 0 Å². The van der Waals surface area contributed by atoms with Crippen LogP contribution in [0.4, 0.5) is 4.39 Å². The second kappa shape index (κ2) is 7.41. The van der Waals surface area contributed by atoms with Gasteiger partial charge in [0.25, 0.3) is 0 Å². The molecular weight excluding hydrogens is 321 g/mol. The number of hydrogen-bond donors (Lipinski definition) is 1. The van der Waals surface area contributed by atoms with E-state index in [0.717, 1.165) is 22.3 Å². The molecule has 0 spiro atoms. The number of rotatable bonds is 6. The van der Waals surface area contributed by atoms with E-state index in [0.29, 0.717) is 13.2 Å². The van der Waals surface area contributed by atoms with E-state index in [2.05, 4.69) is 21.2 Å². The first-order valence-electron chi connectivity index (χ1n) is 6.55. The zero-order chi connectivity index (χ0) is 14.4. The van der Waals surface area contributed by atoms with Crippen molar-refractivity contribution in [3.63, 3.8) is 0 Å². The summed E-state index contributed by atoms with van der Waals surface area (Å²) in [6, 6.07) is 12.6. The molecule has 0 aliphatic rings. The fourth-order valence-corrected chi connectivity index (χ4v) is 2.42. The van der Waals surface area contributed by atoms with Crippen molar-refractivity contribution in [1.82, 2.24) is 5.32 Å². The standard InChI is InChI=1S/C16H17BrFNO/c1-2-20-16-8-5-13(9-15(16)17)11-19-10-12-3-6-14(18)7-4-12/h3-9,19H,2,10-11H2,1H3. The molecule has 0 saturated carbocycles. The van der Waals surface area contributed by atoms with Crippen molar-refractivity contribution in [3.8, 4) is 5.75 Å². The summed E-state index contributed by atoms with van der Waals surface area (Å²) in [6.07, 6.45) is 0. The fraction of sp³-hybridized carbons (Fsp3) is 0.250. The molecule has 106 valence electrons. The Morgan fingerprint density at radius 2 is 1.70 bits per heavy atom. The van der Waals surface area contributed by atoms with Crippen molar-refractivity contribution in [2.45, 2.75) is 20.0 Å². The van der Waals surface area contributed by atoms with Crippen LogP contribution in [-0.2, 0) is 13.1 Å². The summed E-state index contributed by atoms with van der Waals surface area (Å²) in [6.45, 7) is 4.08. The van der Waals surface area contributed by atoms with Gasteiger partial charge in [0.15, 0.2) is 0 Å². The van der Waals surface area contributed by atoms with Crippen molar-refractivity contribution in [1.29, 1.82) is 0 Å². The van der Waals surface area contributed by atoms with Gasteiger partial charge in [-0.3, -0.25) is 0 Å². The van der Waals surface area contributed by atoms with Crippen LogP contribution in [0.2, 0.25) is 0 Å². The highest BCUT2D eigenvalue weighted by atomic mass is 79.9. The predicted octanol–water partition coefficient (Wildman–Crippen LogP) is 4.28. The minimum absolute atomic E-state index is 0.204. The van der Waals surface area contributed by atoms with Gasteiger partial charge in [-0.05, 0) is 58.2 Å². The van der Waals surface area contributed by atoms with Crippen LogP contribution in [0.5, 0.6) is 5.75 Å². The molecule has 0 unspecified atom stereocenters. The average Bonchev–Trinajstić information content (AvgIpc) is 2.44. The monoisotopic (exact) mass is 337 g/mol. The minimum Gasteiger partial charge on any atom is -0.493 e. The lowest BCUT2D eigenvalue weighted by Gasteiger charge is -2.09. The lowest BCUT2D eigenvalue weighted by Crippen LogP contribution is -2.12. The highest BCUT2D eigenvalue weighted by Crippen LogP contribution is 2.25. The third-order valence-electron chi connectivity index (χ3n) is 2.87. The van der Waals surface area contributed by atoms with Crippen LogP contribution < -0.4 is 10.1 Å². The minimum atomic E-state index is -0.204. The predicted molar refractivity (Wildman–Crippen MR) is 82.3 cm³/mol. The number of halogens is 2. The maximum atomic E-state index is 12.8. The molecule has 0 heterocycles. The molecule has 0 aliphatic heterocycles. The summed E-state index contributed by atoms with van der Waals surface area (Å²) < 4.78 is 19.2. The van der Waals surface area contributed by atoms with Gasteiger partial charge in [0.1, 0.15) is 11.6 Å². The molecule has 0 amide bonds. The van der Waals surface area contributed by atoms with E-state index >= 15 is 0 Å². The zero-order valence-electron chi connectivity index (χ0n) is 11.3. The SMILES string of the molecule is CCOc1ccc(CNCc2ccc(F)cc2)cc1Br. The van der Waals surface area contributed by atoms with Gasteiger partial charge in [0.2, 0.25) is 0 Å². The molecule has 20 heavy (non-hydrogen) atoms. The molecule has 2 nitrogen and oxygen atoms in total. The van der Waals surface area contributed by atoms with Gasteiger partial charge < -0.3 is 10.1 Å². The van der Waals surface area contributed by atoms with Gasteiger partial charge in [-0.15, -0.1) is 0 Å². The lowest BCUT2D eigenvalue weighted by atomic mass is 10.2. The first kappa shape index (κ1) is 15.0. The van der Waals surface area contributed by atoms with E-state index in [4.69, 9.17) is 4.74 Å².